The van der Waals surface area contributed by atoms with Gasteiger partial charge in [-0.1, -0.05) is 0 Å². The van der Waals surface area contributed by atoms with Gasteiger partial charge >= 0.3 is 5.97 Å². The second-order valence-corrected chi connectivity index (χ2v) is 5.24. The molecule has 0 aliphatic rings. The molecular formula is C13H13FN2O3. The van der Waals surface area contributed by atoms with Crippen LogP contribution in [0.3, 0.4) is 0 Å². The molecule has 0 unspecified atom stereocenters. The van der Waals surface area contributed by atoms with Crippen LogP contribution in [0.5, 0.6) is 0 Å². The lowest BCUT2D eigenvalue weighted by atomic mass is 10.1. The van der Waals surface area contributed by atoms with Crippen LogP contribution in [0.2, 0.25) is 0 Å². The van der Waals surface area contributed by atoms with Gasteiger partial charge in [0.1, 0.15) is 17.0 Å². The lowest BCUT2D eigenvalue weighted by Gasteiger charge is -2.25. The molecule has 0 atom stereocenters. The van der Waals surface area contributed by atoms with Crippen LogP contribution in [0.15, 0.2) is 23.3 Å². The maximum Gasteiger partial charge on any atom is 0.341 e. The molecule has 0 spiro atoms. The molecule has 2 heterocycles. The molecule has 2 aromatic heterocycles. The summed E-state index contributed by atoms with van der Waals surface area (Å²) in [6, 6.07) is 1.01. The Morgan fingerprint density at radius 3 is 2.58 bits per heavy atom. The van der Waals surface area contributed by atoms with Crippen molar-refractivity contribution in [3.05, 3.63) is 40.1 Å². The van der Waals surface area contributed by atoms with Crippen molar-refractivity contribution >= 4 is 17.0 Å². The Hall–Kier alpha value is -2.24. The zero-order chi connectivity index (χ0) is 14.4. The first-order valence-corrected chi connectivity index (χ1v) is 5.66. The molecule has 0 aliphatic carbocycles. The SMILES string of the molecule is CC(C)(C)n1cc(C(=O)O)c(=O)c2cc(F)cnc21. The number of nitrogens with zero attached hydrogens (tertiary/aromatic N) is 2. The summed E-state index contributed by atoms with van der Waals surface area (Å²) in [5, 5.41) is 9.02. The molecule has 6 heteroatoms. The van der Waals surface area contributed by atoms with Crippen molar-refractivity contribution < 1.29 is 14.3 Å². The smallest absolute Gasteiger partial charge is 0.341 e. The standard InChI is InChI=1S/C13H13FN2O3/c1-13(2,3)16-6-9(12(18)19)10(17)8-4-7(14)5-15-11(8)16/h4-6H,1-3H3,(H,18,19). The van der Waals surface area contributed by atoms with Gasteiger partial charge < -0.3 is 9.67 Å². The summed E-state index contributed by atoms with van der Waals surface area (Å²) in [6.07, 6.45) is 2.25. The summed E-state index contributed by atoms with van der Waals surface area (Å²) in [4.78, 5) is 27.0. The van der Waals surface area contributed by atoms with Crippen molar-refractivity contribution in [2.75, 3.05) is 0 Å². The first kappa shape index (κ1) is 13.2. The molecule has 0 radical (unpaired) electrons. The van der Waals surface area contributed by atoms with Gasteiger partial charge in [-0.3, -0.25) is 4.79 Å². The molecule has 0 amide bonds. The Morgan fingerprint density at radius 1 is 1.42 bits per heavy atom. The number of hydrogen-bond acceptors (Lipinski definition) is 3. The molecule has 0 fully saturated rings. The third kappa shape index (κ3) is 2.21. The van der Waals surface area contributed by atoms with Crippen LogP contribution in [0.4, 0.5) is 4.39 Å². The van der Waals surface area contributed by atoms with E-state index < -0.39 is 28.3 Å². The van der Waals surface area contributed by atoms with Crippen molar-refractivity contribution in [3.63, 3.8) is 0 Å². The number of halogens is 1. The summed E-state index contributed by atoms with van der Waals surface area (Å²) in [6.45, 7) is 5.52. The van der Waals surface area contributed by atoms with E-state index in [0.717, 1.165) is 12.3 Å². The minimum absolute atomic E-state index is 0.0326. The Balaban J connectivity index is 3.01. The number of aromatic nitrogens is 2. The molecule has 0 aliphatic heterocycles. The molecule has 19 heavy (non-hydrogen) atoms. The number of carboxylic acids is 1. The number of fused-ring (bicyclic) bond motifs is 1. The Kier molecular flexibility index (Phi) is 2.88. The van der Waals surface area contributed by atoms with Gasteiger partial charge in [0.05, 0.1) is 11.6 Å². The van der Waals surface area contributed by atoms with E-state index in [0.29, 0.717) is 0 Å². The van der Waals surface area contributed by atoms with Crippen molar-refractivity contribution in [1.29, 1.82) is 0 Å². The van der Waals surface area contributed by atoms with Gasteiger partial charge in [0.25, 0.3) is 0 Å². The van der Waals surface area contributed by atoms with Crippen molar-refractivity contribution in [2.24, 2.45) is 0 Å². The summed E-state index contributed by atoms with van der Waals surface area (Å²) >= 11 is 0. The van der Waals surface area contributed by atoms with E-state index >= 15 is 0 Å². The number of carbonyl (C=O) groups is 1. The average Bonchev–Trinajstić information content (AvgIpc) is 2.28. The number of pyridine rings is 2. The molecule has 0 saturated carbocycles. The van der Waals surface area contributed by atoms with Gasteiger partial charge in [-0.05, 0) is 26.8 Å². The van der Waals surface area contributed by atoms with Crippen molar-refractivity contribution in [2.45, 2.75) is 26.3 Å². The number of aromatic carboxylic acids is 1. The quantitative estimate of drug-likeness (QED) is 0.855. The monoisotopic (exact) mass is 264 g/mol. The highest BCUT2D eigenvalue weighted by molar-refractivity contribution is 5.91. The third-order valence-corrected chi connectivity index (χ3v) is 2.76. The molecule has 2 rings (SSSR count). The van der Waals surface area contributed by atoms with E-state index in [1.807, 2.05) is 20.8 Å². The summed E-state index contributed by atoms with van der Waals surface area (Å²) < 4.78 is 14.8. The third-order valence-electron chi connectivity index (χ3n) is 2.76. The maximum absolute atomic E-state index is 13.2. The zero-order valence-electron chi connectivity index (χ0n) is 10.8. The molecule has 0 saturated heterocycles. The molecule has 0 aromatic carbocycles. The Morgan fingerprint density at radius 2 is 2.05 bits per heavy atom. The van der Waals surface area contributed by atoms with Crippen LogP contribution >= 0.6 is 0 Å². The first-order chi connectivity index (χ1) is 8.71. The van der Waals surface area contributed by atoms with Crippen molar-refractivity contribution in [1.82, 2.24) is 9.55 Å². The summed E-state index contributed by atoms with van der Waals surface area (Å²) in [5.74, 6) is -2.01. The van der Waals surface area contributed by atoms with Crippen LogP contribution < -0.4 is 5.43 Å². The molecule has 2 aromatic rings. The van der Waals surface area contributed by atoms with Gasteiger partial charge in [-0.2, -0.15) is 0 Å². The fraction of sp³-hybridized carbons (Fsp3) is 0.308. The minimum atomic E-state index is -1.34. The van der Waals surface area contributed by atoms with Gasteiger partial charge in [-0.15, -0.1) is 0 Å². The van der Waals surface area contributed by atoms with Crippen LogP contribution in [0.1, 0.15) is 31.1 Å². The second-order valence-electron chi connectivity index (χ2n) is 5.24. The van der Waals surface area contributed by atoms with E-state index in [4.69, 9.17) is 5.11 Å². The number of hydrogen-bond donors (Lipinski definition) is 1. The molecule has 0 bridgehead atoms. The first-order valence-electron chi connectivity index (χ1n) is 5.66. The average molecular weight is 264 g/mol. The van der Waals surface area contributed by atoms with Gasteiger partial charge in [0.2, 0.25) is 5.43 Å². The van der Waals surface area contributed by atoms with E-state index in [9.17, 15) is 14.0 Å². The van der Waals surface area contributed by atoms with E-state index in [-0.39, 0.29) is 11.0 Å². The number of carboxylic acid groups (broad SMARTS) is 1. The predicted molar refractivity (Wildman–Crippen MR) is 67.9 cm³/mol. The fourth-order valence-corrected chi connectivity index (χ4v) is 1.85. The predicted octanol–water partition coefficient (Wildman–Crippen LogP) is 1.99. The highest BCUT2D eigenvalue weighted by Gasteiger charge is 2.21. The highest BCUT2D eigenvalue weighted by Crippen LogP contribution is 2.20. The van der Waals surface area contributed by atoms with Crippen molar-refractivity contribution in [3.8, 4) is 0 Å². The largest absolute Gasteiger partial charge is 0.477 e. The normalized spacial score (nSPS) is 11.8. The summed E-state index contributed by atoms with van der Waals surface area (Å²) in [7, 11) is 0. The van der Waals surface area contributed by atoms with Crippen LogP contribution in [-0.2, 0) is 5.54 Å². The second kappa shape index (κ2) is 4.15. The van der Waals surface area contributed by atoms with Gasteiger partial charge in [-0.25, -0.2) is 14.2 Å². The van der Waals surface area contributed by atoms with E-state index in [1.165, 1.54) is 6.20 Å². The van der Waals surface area contributed by atoms with Crippen LogP contribution in [0.25, 0.3) is 11.0 Å². The van der Waals surface area contributed by atoms with E-state index in [2.05, 4.69) is 4.98 Å². The van der Waals surface area contributed by atoms with Crippen LogP contribution in [-0.4, -0.2) is 20.6 Å². The number of rotatable bonds is 1. The molecular weight excluding hydrogens is 251 g/mol. The lowest BCUT2D eigenvalue weighted by Crippen LogP contribution is -2.28. The topological polar surface area (TPSA) is 72.2 Å². The highest BCUT2D eigenvalue weighted by atomic mass is 19.1. The van der Waals surface area contributed by atoms with Gasteiger partial charge in [0.15, 0.2) is 0 Å². The Bertz CT molecular complexity index is 729. The summed E-state index contributed by atoms with van der Waals surface area (Å²) in [5.41, 5.74) is -1.34. The lowest BCUT2D eigenvalue weighted by molar-refractivity contribution is 0.0694. The zero-order valence-corrected chi connectivity index (χ0v) is 10.8. The van der Waals surface area contributed by atoms with E-state index in [1.54, 1.807) is 4.57 Å². The van der Waals surface area contributed by atoms with Crippen LogP contribution in [0, 0.1) is 5.82 Å². The fourth-order valence-electron chi connectivity index (χ4n) is 1.85. The Labute approximate surface area is 108 Å². The minimum Gasteiger partial charge on any atom is -0.477 e. The maximum atomic E-state index is 13.2. The molecule has 1 N–H and O–H groups in total. The molecule has 100 valence electrons. The van der Waals surface area contributed by atoms with Gasteiger partial charge in [0, 0.05) is 11.7 Å². The molecule has 5 nitrogen and oxygen atoms in total.